The molecule has 4 aromatic carbocycles. The fourth-order valence-electron chi connectivity index (χ4n) is 7.44. The highest BCUT2D eigenvalue weighted by atomic mass is 16.7. The largest absolute Gasteiger partial charge is 0.481 e. The third kappa shape index (κ3) is 15.0. The van der Waals surface area contributed by atoms with Crippen molar-refractivity contribution in [3.05, 3.63) is 128 Å². The van der Waals surface area contributed by atoms with Crippen molar-refractivity contribution in [1.29, 1.82) is 5.41 Å². The molecule has 6 rings (SSSR count). The minimum Gasteiger partial charge on any atom is -0.481 e. The van der Waals surface area contributed by atoms with Crippen LogP contribution in [0.15, 0.2) is 102 Å². The molecule has 2 saturated carbocycles. The molecule has 14 nitrogen and oxygen atoms in total. The van der Waals surface area contributed by atoms with Crippen LogP contribution in [0.5, 0.6) is 0 Å². The summed E-state index contributed by atoms with van der Waals surface area (Å²) in [6, 6.07) is 26.6. The molecular weight excluding hydrogens is 805 g/mol. The van der Waals surface area contributed by atoms with Gasteiger partial charge in [-0.1, -0.05) is 125 Å². The van der Waals surface area contributed by atoms with Gasteiger partial charge in [0, 0.05) is 54.0 Å². The topological polar surface area (TPSA) is 220 Å². The predicted octanol–water partition coefficient (Wildman–Crippen LogP) is 12.0. The summed E-state index contributed by atoms with van der Waals surface area (Å²) in [5, 5.41) is 42.2. The molecule has 2 N–H and O–H groups in total. The Morgan fingerprint density at radius 2 is 1.14 bits per heavy atom. The first-order valence-electron chi connectivity index (χ1n) is 21.7. The molecule has 2 aliphatic rings. The number of nitro groups is 2. The number of rotatable bonds is 17. The molecule has 0 aromatic heterocycles. The Morgan fingerprint density at radius 1 is 0.651 bits per heavy atom. The monoisotopic (exact) mass is 860 g/mol. The summed E-state index contributed by atoms with van der Waals surface area (Å²) in [6.45, 7) is 3.97. The van der Waals surface area contributed by atoms with E-state index in [9.17, 15) is 39.4 Å². The number of hydrogen-bond donors (Lipinski definition) is 2. The van der Waals surface area contributed by atoms with Gasteiger partial charge in [-0.2, -0.15) is 0 Å². The quantitative estimate of drug-likeness (QED) is 0.0336. The van der Waals surface area contributed by atoms with Crippen LogP contribution in [0.25, 0.3) is 22.3 Å². The van der Waals surface area contributed by atoms with Crippen LogP contribution < -0.4 is 0 Å². The van der Waals surface area contributed by atoms with Crippen LogP contribution >= 0.6 is 0 Å². The summed E-state index contributed by atoms with van der Waals surface area (Å²) in [4.78, 5) is 73.5. The van der Waals surface area contributed by atoms with Crippen LogP contribution in [0.2, 0.25) is 0 Å². The number of hydrogen-bond acceptors (Lipinski definition) is 11. The van der Waals surface area contributed by atoms with E-state index in [1.165, 1.54) is 24.6 Å². The second-order valence-corrected chi connectivity index (χ2v) is 15.7. The molecule has 0 heterocycles. The van der Waals surface area contributed by atoms with Gasteiger partial charge in [-0.3, -0.25) is 34.6 Å². The number of carbonyl (C=O) groups excluding carboxylic acids is 3. The number of nitrogens with one attached hydrogen (secondary N) is 1. The molecule has 332 valence electrons. The average Bonchev–Trinajstić information content (AvgIpc) is 3.85. The number of carbonyl (C=O) groups is 4. The van der Waals surface area contributed by atoms with E-state index >= 15 is 0 Å². The molecule has 4 aromatic rings. The molecule has 0 bridgehead atoms. The number of non-ortho nitro benzene ring substituents is 1. The van der Waals surface area contributed by atoms with Crippen LogP contribution in [0, 0.1) is 37.5 Å². The minimum absolute atomic E-state index is 0.000763. The molecular formula is C49H56N4O10. The SMILES string of the molecule is CCCCC(=O)O.CCCCC(=O)O/N=C(\C(=O)c1ccc(-c2ccc([N+](=O)[O-])cc2)cc1)C1CCCC1.N=C(C(=O)c1ccc(-c2ccccc2[N+](=O)[O-])cc1)C1CCCCC1. The maximum atomic E-state index is 13.1. The average molecular weight is 861 g/mol. The van der Waals surface area contributed by atoms with Gasteiger partial charge in [-0.15, -0.1) is 0 Å². The van der Waals surface area contributed by atoms with E-state index in [4.69, 9.17) is 15.4 Å². The second kappa shape index (κ2) is 25.3. The number of ketones is 2. The zero-order valence-corrected chi connectivity index (χ0v) is 36.0. The number of nitro benzene ring substituents is 2. The molecule has 0 unspecified atom stereocenters. The molecule has 2 aliphatic carbocycles. The van der Waals surface area contributed by atoms with E-state index in [0.29, 0.717) is 34.4 Å². The first kappa shape index (κ1) is 49.0. The number of aliphatic carboxylic acids is 1. The number of nitrogens with zero attached hydrogens (tertiary/aromatic N) is 3. The third-order valence-electron chi connectivity index (χ3n) is 11.1. The van der Waals surface area contributed by atoms with Gasteiger partial charge < -0.3 is 15.4 Å². The number of unbranched alkanes of at least 4 members (excludes halogenated alkanes) is 2. The number of oxime groups is 1. The smallest absolute Gasteiger partial charge is 0.335 e. The molecule has 0 spiro atoms. The number of Topliss-reactive ketones (excluding diaryl/α,β-unsaturated/α-hetero) is 2. The van der Waals surface area contributed by atoms with Gasteiger partial charge in [0.1, 0.15) is 5.71 Å². The second-order valence-electron chi connectivity index (χ2n) is 15.7. The van der Waals surface area contributed by atoms with Crippen molar-refractivity contribution in [3.63, 3.8) is 0 Å². The minimum atomic E-state index is -0.693. The fraction of sp³-hybridized carbons (Fsp3) is 0.388. The number of para-hydroxylation sites is 1. The van der Waals surface area contributed by atoms with E-state index in [0.717, 1.165) is 88.2 Å². The van der Waals surface area contributed by atoms with Gasteiger partial charge in [0.2, 0.25) is 11.6 Å². The van der Waals surface area contributed by atoms with Crippen molar-refractivity contribution < 1.29 is 39.0 Å². The van der Waals surface area contributed by atoms with E-state index in [1.807, 2.05) is 13.8 Å². The van der Waals surface area contributed by atoms with Gasteiger partial charge in [0.25, 0.3) is 11.4 Å². The Bertz CT molecular complexity index is 2220. The Kier molecular flexibility index (Phi) is 19.7. The Labute approximate surface area is 367 Å². The maximum Gasteiger partial charge on any atom is 0.335 e. The number of carboxylic acids is 1. The first-order valence-corrected chi connectivity index (χ1v) is 21.7. The van der Waals surface area contributed by atoms with Crippen LogP contribution in [0.3, 0.4) is 0 Å². The summed E-state index contributed by atoms with van der Waals surface area (Å²) >= 11 is 0. The van der Waals surface area contributed by atoms with Crippen LogP contribution in [0.4, 0.5) is 11.4 Å². The highest BCUT2D eigenvalue weighted by molar-refractivity contribution is 6.46. The standard InChI is InChI=1S/C24H26N2O5.C20H20N2O3.C5H10O2/c1-2-3-8-22(27)31-25-23(19-6-4-5-7-19)24(28)20-11-9-17(10-12-20)18-13-15-21(16-14-18)26(29)30;21-19(15-6-2-1-3-7-15)20(23)16-12-10-14(11-13-16)17-8-4-5-9-18(17)22(24)25;1-2-3-4-5(6)7/h9-16,19H,2-8H2,1H3;4-5,8-13,15,21H,1-3,6-7H2;2-4H2,1H3,(H,6,7)/b25-23-;;. The lowest BCUT2D eigenvalue weighted by Crippen LogP contribution is -2.25. The summed E-state index contributed by atoms with van der Waals surface area (Å²) in [7, 11) is 0. The van der Waals surface area contributed by atoms with Crippen LogP contribution in [-0.2, 0) is 14.4 Å². The van der Waals surface area contributed by atoms with Crippen molar-refractivity contribution in [2.75, 3.05) is 0 Å². The lowest BCUT2D eigenvalue weighted by atomic mass is 9.83. The fourth-order valence-corrected chi connectivity index (χ4v) is 7.44. The predicted molar refractivity (Wildman–Crippen MR) is 242 cm³/mol. The van der Waals surface area contributed by atoms with E-state index in [1.54, 1.807) is 78.9 Å². The van der Waals surface area contributed by atoms with Crippen molar-refractivity contribution in [1.82, 2.24) is 0 Å². The lowest BCUT2D eigenvalue weighted by Gasteiger charge is -2.21. The maximum absolute atomic E-state index is 13.1. The van der Waals surface area contributed by atoms with Crippen molar-refractivity contribution >= 4 is 46.3 Å². The molecule has 63 heavy (non-hydrogen) atoms. The number of carboxylic acid groups (broad SMARTS) is 1. The Morgan fingerprint density at radius 3 is 1.67 bits per heavy atom. The van der Waals surface area contributed by atoms with E-state index in [-0.39, 0.29) is 46.9 Å². The van der Waals surface area contributed by atoms with Gasteiger partial charge in [0.05, 0.1) is 21.1 Å². The highest BCUT2D eigenvalue weighted by Crippen LogP contribution is 2.31. The normalized spacial score (nSPS) is 14.0. The van der Waals surface area contributed by atoms with Gasteiger partial charge in [-0.25, -0.2) is 4.79 Å². The van der Waals surface area contributed by atoms with Crippen LogP contribution in [-0.4, -0.2) is 49.9 Å². The van der Waals surface area contributed by atoms with Crippen molar-refractivity contribution in [3.8, 4) is 22.3 Å². The lowest BCUT2D eigenvalue weighted by molar-refractivity contribution is -0.384. The number of benzene rings is 4. The Hall–Kier alpha value is -6.70. The van der Waals surface area contributed by atoms with E-state index < -0.39 is 21.8 Å². The van der Waals surface area contributed by atoms with Gasteiger partial charge in [-0.05, 0) is 73.4 Å². The third-order valence-corrected chi connectivity index (χ3v) is 11.1. The summed E-state index contributed by atoms with van der Waals surface area (Å²) in [5.74, 6) is -1.51. The summed E-state index contributed by atoms with van der Waals surface area (Å²) < 4.78 is 0. The first-order chi connectivity index (χ1) is 30.3. The highest BCUT2D eigenvalue weighted by Gasteiger charge is 2.29. The zero-order chi connectivity index (χ0) is 45.7. The summed E-state index contributed by atoms with van der Waals surface area (Å²) in [5.41, 5.74) is 4.39. The molecule has 0 amide bonds. The van der Waals surface area contributed by atoms with E-state index in [2.05, 4.69) is 5.16 Å². The van der Waals surface area contributed by atoms with Crippen LogP contribution in [0.1, 0.15) is 131 Å². The molecule has 0 atom stereocenters. The zero-order valence-electron chi connectivity index (χ0n) is 36.0. The van der Waals surface area contributed by atoms with Gasteiger partial charge >= 0.3 is 11.9 Å². The van der Waals surface area contributed by atoms with Crippen molar-refractivity contribution in [2.24, 2.45) is 17.0 Å². The van der Waals surface area contributed by atoms with Crippen molar-refractivity contribution in [2.45, 2.75) is 110 Å². The molecule has 2 fully saturated rings. The van der Waals surface area contributed by atoms with Gasteiger partial charge in [0.15, 0.2) is 0 Å². The molecule has 0 aliphatic heterocycles. The molecule has 0 saturated heterocycles. The molecule has 14 heteroatoms. The summed E-state index contributed by atoms with van der Waals surface area (Å²) in [6.07, 6.45) is 12.9. The molecule has 0 radical (unpaired) electrons. The Balaban J connectivity index is 0.000000244.